The fourth-order valence-corrected chi connectivity index (χ4v) is 3.66. The van der Waals surface area contributed by atoms with Gasteiger partial charge >= 0.3 is 0 Å². The van der Waals surface area contributed by atoms with Gasteiger partial charge in [-0.05, 0) is 19.8 Å². The molecule has 1 aliphatic rings. The normalized spacial score (nSPS) is 17.2. The van der Waals surface area contributed by atoms with E-state index < -0.39 is 9.84 Å². The highest BCUT2D eigenvalue weighted by Crippen LogP contribution is 2.34. The van der Waals surface area contributed by atoms with Gasteiger partial charge in [-0.15, -0.1) is 10.2 Å². The molecule has 21 heavy (non-hydrogen) atoms. The molecule has 0 spiro atoms. The van der Waals surface area contributed by atoms with E-state index in [-0.39, 0.29) is 11.2 Å². The Balaban J connectivity index is 2.17. The molecule has 2 aromatic rings. The second-order valence-electron chi connectivity index (χ2n) is 5.50. The van der Waals surface area contributed by atoms with E-state index in [9.17, 15) is 8.42 Å². The number of rotatable bonds is 3. The number of hydrogen-bond donors (Lipinski definition) is 0. The summed E-state index contributed by atoms with van der Waals surface area (Å²) in [6, 6.07) is 0.101. The fraction of sp³-hybridized carbons (Fsp3) is 0.615. The first-order valence-corrected chi connectivity index (χ1v) is 8.93. The Labute approximate surface area is 123 Å². The number of aryl methyl sites for hydroxylation is 1. The minimum absolute atomic E-state index is 0.0202. The SMILES string of the molecule is Cc1ocnc1-c1nnc(S(C)(=O)=O)n1C1CCCCC1. The van der Waals surface area contributed by atoms with E-state index in [1.807, 2.05) is 0 Å². The molecular formula is C13H18N4O3S. The highest BCUT2D eigenvalue weighted by molar-refractivity contribution is 7.90. The maximum Gasteiger partial charge on any atom is 0.250 e. The van der Waals surface area contributed by atoms with E-state index in [0.717, 1.165) is 31.9 Å². The molecular weight excluding hydrogens is 292 g/mol. The van der Waals surface area contributed by atoms with Crippen LogP contribution in [0.2, 0.25) is 0 Å². The van der Waals surface area contributed by atoms with Crippen molar-refractivity contribution in [1.82, 2.24) is 19.7 Å². The molecule has 8 heteroatoms. The lowest BCUT2D eigenvalue weighted by Gasteiger charge is -2.25. The highest BCUT2D eigenvalue weighted by Gasteiger charge is 2.29. The van der Waals surface area contributed by atoms with Crippen LogP contribution in [0.5, 0.6) is 0 Å². The van der Waals surface area contributed by atoms with Crippen LogP contribution >= 0.6 is 0 Å². The largest absolute Gasteiger partial charge is 0.448 e. The number of oxazole rings is 1. The summed E-state index contributed by atoms with van der Waals surface area (Å²) in [6.45, 7) is 1.78. The summed E-state index contributed by atoms with van der Waals surface area (Å²) >= 11 is 0. The van der Waals surface area contributed by atoms with Crippen molar-refractivity contribution >= 4 is 9.84 Å². The molecule has 1 saturated carbocycles. The molecule has 0 radical (unpaired) electrons. The topological polar surface area (TPSA) is 90.9 Å². The molecule has 2 heterocycles. The minimum atomic E-state index is -3.43. The zero-order valence-electron chi connectivity index (χ0n) is 12.1. The lowest BCUT2D eigenvalue weighted by Crippen LogP contribution is -2.19. The van der Waals surface area contributed by atoms with E-state index >= 15 is 0 Å². The molecule has 0 saturated heterocycles. The quantitative estimate of drug-likeness (QED) is 0.862. The third-order valence-electron chi connectivity index (χ3n) is 3.89. The number of sulfone groups is 1. The minimum Gasteiger partial charge on any atom is -0.448 e. The van der Waals surface area contributed by atoms with Gasteiger partial charge in [0, 0.05) is 12.3 Å². The molecule has 114 valence electrons. The molecule has 0 aliphatic heterocycles. The molecule has 0 N–H and O–H groups in total. The van der Waals surface area contributed by atoms with Crippen LogP contribution in [0.15, 0.2) is 16.0 Å². The van der Waals surface area contributed by atoms with Crippen molar-refractivity contribution in [2.24, 2.45) is 0 Å². The Morgan fingerprint density at radius 1 is 1.24 bits per heavy atom. The first-order chi connectivity index (χ1) is 9.98. The van der Waals surface area contributed by atoms with Gasteiger partial charge in [-0.1, -0.05) is 19.3 Å². The predicted molar refractivity (Wildman–Crippen MR) is 75.5 cm³/mol. The Morgan fingerprint density at radius 3 is 2.52 bits per heavy atom. The van der Waals surface area contributed by atoms with Crippen molar-refractivity contribution in [3.63, 3.8) is 0 Å². The van der Waals surface area contributed by atoms with E-state index in [0.29, 0.717) is 17.3 Å². The van der Waals surface area contributed by atoms with Crippen molar-refractivity contribution in [3.8, 4) is 11.5 Å². The average Bonchev–Trinajstić information content (AvgIpc) is 3.04. The molecule has 1 fully saturated rings. The van der Waals surface area contributed by atoms with Crippen molar-refractivity contribution in [1.29, 1.82) is 0 Å². The number of hydrogen-bond acceptors (Lipinski definition) is 6. The zero-order chi connectivity index (χ0) is 15.0. The van der Waals surface area contributed by atoms with Gasteiger partial charge in [0.15, 0.2) is 12.2 Å². The lowest BCUT2D eigenvalue weighted by atomic mass is 9.95. The van der Waals surface area contributed by atoms with E-state index in [1.54, 1.807) is 11.5 Å². The third kappa shape index (κ3) is 2.59. The van der Waals surface area contributed by atoms with Gasteiger partial charge in [0.25, 0.3) is 0 Å². The standard InChI is InChI=1S/C13H18N4O3S/c1-9-11(14-8-20-9)12-15-16-13(21(2,18)19)17(12)10-6-4-3-5-7-10/h8,10H,3-7H2,1-2H3. The van der Waals surface area contributed by atoms with Crippen LogP contribution in [-0.4, -0.2) is 34.4 Å². The molecule has 0 aromatic carbocycles. The monoisotopic (exact) mass is 310 g/mol. The zero-order valence-corrected chi connectivity index (χ0v) is 12.9. The summed E-state index contributed by atoms with van der Waals surface area (Å²) in [5, 5.41) is 8.00. The molecule has 1 aliphatic carbocycles. The van der Waals surface area contributed by atoms with Gasteiger partial charge in [0.05, 0.1) is 0 Å². The van der Waals surface area contributed by atoms with Gasteiger partial charge in [0.1, 0.15) is 11.5 Å². The summed E-state index contributed by atoms with van der Waals surface area (Å²) in [7, 11) is -3.43. The smallest absolute Gasteiger partial charge is 0.250 e. The molecule has 0 unspecified atom stereocenters. The number of aromatic nitrogens is 4. The Morgan fingerprint density at radius 2 is 1.95 bits per heavy atom. The average molecular weight is 310 g/mol. The second kappa shape index (κ2) is 5.25. The van der Waals surface area contributed by atoms with Gasteiger partial charge in [-0.2, -0.15) is 0 Å². The van der Waals surface area contributed by atoms with Crippen molar-refractivity contribution in [2.45, 2.75) is 50.2 Å². The molecule has 0 amide bonds. The molecule has 3 rings (SSSR count). The first kappa shape index (κ1) is 14.2. The predicted octanol–water partition coefficient (Wildman–Crippen LogP) is 2.15. The van der Waals surface area contributed by atoms with Gasteiger partial charge in [-0.3, -0.25) is 4.57 Å². The third-order valence-corrected chi connectivity index (χ3v) is 4.83. The maximum atomic E-state index is 12.0. The Kier molecular flexibility index (Phi) is 3.56. The van der Waals surface area contributed by atoms with Crippen molar-refractivity contribution in [3.05, 3.63) is 12.2 Å². The van der Waals surface area contributed by atoms with Crippen LogP contribution in [0.1, 0.15) is 43.9 Å². The molecule has 0 bridgehead atoms. The molecule has 2 aromatic heterocycles. The van der Waals surface area contributed by atoms with E-state index in [2.05, 4.69) is 15.2 Å². The van der Waals surface area contributed by atoms with Crippen LogP contribution in [-0.2, 0) is 9.84 Å². The highest BCUT2D eigenvalue weighted by atomic mass is 32.2. The summed E-state index contributed by atoms with van der Waals surface area (Å²) < 4.78 is 30.9. The van der Waals surface area contributed by atoms with Crippen LogP contribution in [0, 0.1) is 6.92 Å². The number of nitrogens with zero attached hydrogens (tertiary/aromatic N) is 4. The van der Waals surface area contributed by atoms with Crippen LogP contribution in [0.3, 0.4) is 0 Å². The van der Waals surface area contributed by atoms with E-state index in [4.69, 9.17) is 4.42 Å². The Bertz CT molecular complexity index is 741. The fourth-order valence-electron chi connectivity index (χ4n) is 2.88. The summed E-state index contributed by atoms with van der Waals surface area (Å²) in [4.78, 5) is 4.15. The van der Waals surface area contributed by atoms with Crippen LogP contribution < -0.4 is 0 Å². The second-order valence-corrected chi connectivity index (χ2v) is 7.41. The van der Waals surface area contributed by atoms with Crippen molar-refractivity contribution < 1.29 is 12.8 Å². The molecule has 7 nitrogen and oxygen atoms in total. The lowest BCUT2D eigenvalue weighted by molar-refractivity contribution is 0.336. The molecule has 0 atom stereocenters. The van der Waals surface area contributed by atoms with Crippen molar-refractivity contribution in [2.75, 3.05) is 6.26 Å². The van der Waals surface area contributed by atoms with Gasteiger partial charge in [0.2, 0.25) is 15.0 Å². The van der Waals surface area contributed by atoms with E-state index in [1.165, 1.54) is 12.8 Å². The van der Waals surface area contributed by atoms with Crippen LogP contribution in [0.4, 0.5) is 0 Å². The van der Waals surface area contributed by atoms with Crippen LogP contribution in [0.25, 0.3) is 11.5 Å². The van der Waals surface area contributed by atoms with Gasteiger partial charge in [-0.25, -0.2) is 13.4 Å². The van der Waals surface area contributed by atoms with Gasteiger partial charge < -0.3 is 4.42 Å². The summed E-state index contributed by atoms with van der Waals surface area (Å²) in [5.74, 6) is 1.09. The Hall–Kier alpha value is -1.70. The summed E-state index contributed by atoms with van der Waals surface area (Å²) in [5.41, 5.74) is 0.558. The summed E-state index contributed by atoms with van der Waals surface area (Å²) in [6.07, 6.45) is 7.73. The first-order valence-electron chi connectivity index (χ1n) is 7.04. The maximum absolute atomic E-state index is 12.0.